The predicted molar refractivity (Wildman–Crippen MR) is 92.8 cm³/mol. The molecule has 24 heavy (non-hydrogen) atoms. The third-order valence-corrected chi connectivity index (χ3v) is 3.90. The smallest absolute Gasteiger partial charge is 0.273 e. The number of rotatable bonds is 6. The molecule has 0 saturated carbocycles. The summed E-state index contributed by atoms with van der Waals surface area (Å²) >= 11 is 0. The van der Waals surface area contributed by atoms with E-state index in [1.54, 1.807) is 10.9 Å². The van der Waals surface area contributed by atoms with Crippen LogP contribution >= 0.6 is 0 Å². The summed E-state index contributed by atoms with van der Waals surface area (Å²) in [6, 6.07) is 20.1. The maximum atomic E-state index is 12.2. The van der Waals surface area contributed by atoms with Crippen molar-refractivity contribution < 1.29 is 4.79 Å². The monoisotopic (exact) mass is 320 g/mol. The highest BCUT2D eigenvalue weighted by atomic mass is 16.2. The first kappa shape index (κ1) is 15.9. The second-order valence-electron chi connectivity index (χ2n) is 5.81. The Labute approximate surface area is 141 Å². The Morgan fingerprint density at radius 2 is 1.75 bits per heavy atom. The van der Waals surface area contributed by atoms with E-state index in [2.05, 4.69) is 34.7 Å². The van der Waals surface area contributed by atoms with Gasteiger partial charge in [0.1, 0.15) is 0 Å². The van der Waals surface area contributed by atoms with Gasteiger partial charge in [-0.15, -0.1) is 5.10 Å². The summed E-state index contributed by atoms with van der Waals surface area (Å²) in [7, 11) is 0. The van der Waals surface area contributed by atoms with Crippen LogP contribution in [0.25, 0.3) is 0 Å². The van der Waals surface area contributed by atoms with Crippen molar-refractivity contribution in [2.75, 3.05) is 6.54 Å². The molecule has 0 bridgehead atoms. The Hall–Kier alpha value is -2.95. The minimum atomic E-state index is -0.197. The highest BCUT2D eigenvalue weighted by Gasteiger charge is 2.12. The standard InChI is InChI=1S/C19H20N4O/c1-15(17-10-6-3-7-11-17)12-20-19(24)18-14-23(22-21-18)13-16-8-4-2-5-9-16/h2-11,14-15H,12-13H2,1H3,(H,20,24)/t15-/m1/s1. The molecule has 1 aromatic heterocycles. The number of hydrogen-bond donors (Lipinski definition) is 1. The molecule has 0 spiro atoms. The molecular weight excluding hydrogens is 300 g/mol. The lowest BCUT2D eigenvalue weighted by Gasteiger charge is -2.12. The van der Waals surface area contributed by atoms with Gasteiger partial charge in [0, 0.05) is 6.54 Å². The summed E-state index contributed by atoms with van der Waals surface area (Å²) < 4.78 is 1.67. The normalized spacial score (nSPS) is 11.9. The molecule has 1 atom stereocenters. The summed E-state index contributed by atoms with van der Waals surface area (Å²) in [4.78, 5) is 12.2. The molecule has 1 N–H and O–H groups in total. The minimum Gasteiger partial charge on any atom is -0.350 e. The van der Waals surface area contributed by atoms with Gasteiger partial charge in [-0.2, -0.15) is 0 Å². The second kappa shape index (κ2) is 7.55. The summed E-state index contributed by atoms with van der Waals surface area (Å²) in [5.41, 5.74) is 2.66. The Morgan fingerprint density at radius 1 is 1.08 bits per heavy atom. The van der Waals surface area contributed by atoms with Gasteiger partial charge >= 0.3 is 0 Å². The van der Waals surface area contributed by atoms with E-state index in [0.717, 1.165) is 5.56 Å². The van der Waals surface area contributed by atoms with Crippen LogP contribution < -0.4 is 5.32 Å². The summed E-state index contributed by atoms with van der Waals surface area (Å²) in [5, 5.41) is 10.9. The Balaban J connectivity index is 1.56. The Bertz CT molecular complexity index is 783. The van der Waals surface area contributed by atoms with E-state index >= 15 is 0 Å². The van der Waals surface area contributed by atoms with E-state index in [-0.39, 0.29) is 11.8 Å². The van der Waals surface area contributed by atoms with Crippen LogP contribution in [0.5, 0.6) is 0 Å². The van der Waals surface area contributed by atoms with Crippen molar-refractivity contribution in [1.29, 1.82) is 0 Å². The van der Waals surface area contributed by atoms with Gasteiger partial charge in [-0.1, -0.05) is 72.8 Å². The minimum absolute atomic E-state index is 0.197. The first-order chi connectivity index (χ1) is 11.7. The lowest BCUT2D eigenvalue weighted by molar-refractivity contribution is 0.0946. The van der Waals surface area contributed by atoms with Crippen LogP contribution in [0.4, 0.5) is 0 Å². The van der Waals surface area contributed by atoms with Crippen molar-refractivity contribution in [3.63, 3.8) is 0 Å². The third kappa shape index (κ3) is 4.07. The molecule has 1 amide bonds. The zero-order chi connectivity index (χ0) is 16.8. The van der Waals surface area contributed by atoms with Crippen molar-refractivity contribution in [1.82, 2.24) is 20.3 Å². The molecule has 0 aliphatic heterocycles. The maximum absolute atomic E-state index is 12.2. The van der Waals surface area contributed by atoms with Crippen LogP contribution in [0.3, 0.4) is 0 Å². The van der Waals surface area contributed by atoms with Crippen molar-refractivity contribution in [3.8, 4) is 0 Å². The molecule has 1 heterocycles. The Kier molecular flexibility index (Phi) is 5.01. The number of aromatic nitrogens is 3. The predicted octanol–water partition coefficient (Wildman–Crippen LogP) is 2.86. The molecule has 0 saturated heterocycles. The van der Waals surface area contributed by atoms with Gasteiger partial charge in [0.25, 0.3) is 5.91 Å². The molecule has 0 radical (unpaired) electrons. The van der Waals surface area contributed by atoms with E-state index in [9.17, 15) is 4.79 Å². The largest absolute Gasteiger partial charge is 0.350 e. The molecule has 0 aliphatic carbocycles. The van der Waals surface area contributed by atoms with Crippen molar-refractivity contribution in [3.05, 3.63) is 83.7 Å². The van der Waals surface area contributed by atoms with Crippen LogP contribution in [0.2, 0.25) is 0 Å². The fourth-order valence-electron chi connectivity index (χ4n) is 2.49. The van der Waals surface area contributed by atoms with Gasteiger partial charge in [-0.25, -0.2) is 4.68 Å². The van der Waals surface area contributed by atoms with Crippen molar-refractivity contribution >= 4 is 5.91 Å². The number of carbonyl (C=O) groups is 1. The molecule has 122 valence electrons. The number of hydrogen-bond acceptors (Lipinski definition) is 3. The lowest BCUT2D eigenvalue weighted by atomic mass is 10.0. The van der Waals surface area contributed by atoms with Crippen LogP contribution in [0.1, 0.15) is 34.5 Å². The summed E-state index contributed by atoms with van der Waals surface area (Å²) in [6.45, 7) is 3.25. The molecule has 5 nitrogen and oxygen atoms in total. The second-order valence-corrected chi connectivity index (χ2v) is 5.81. The average Bonchev–Trinajstić information content (AvgIpc) is 3.09. The van der Waals surface area contributed by atoms with Gasteiger partial charge in [0.05, 0.1) is 12.7 Å². The zero-order valence-corrected chi connectivity index (χ0v) is 13.6. The fraction of sp³-hybridized carbons (Fsp3) is 0.211. The van der Waals surface area contributed by atoms with Crippen molar-refractivity contribution in [2.24, 2.45) is 0 Å². The van der Waals surface area contributed by atoms with Crippen LogP contribution in [0, 0.1) is 0 Å². The van der Waals surface area contributed by atoms with Crippen LogP contribution in [0.15, 0.2) is 66.9 Å². The van der Waals surface area contributed by atoms with Gasteiger partial charge in [0.15, 0.2) is 5.69 Å². The first-order valence-corrected chi connectivity index (χ1v) is 7.99. The molecule has 3 rings (SSSR count). The molecule has 5 heteroatoms. The molecule has 0 fully saturated rings. The summed E-state index contributed by atoms with van der Waals surface area (Å²) in [5.74, 6) is 0.0478. The number of amides is 1. The molecule has 2 aromatic carbocycles. The van der Waals surface area contributed by atoms with E-state index in [1.807, 2.05) is 48.5 Å². The van der Waals surface area contributed by atoms with Gasteiger partial charge in [0.2, 0.25) is 0 Å². The highest BCUT2D eigenvalue weighted by Crippen LogP contribution is 2.13. The highest BCUT2D eigenvalue weighted by molar-refractivity contribution is 5.91. The van der Waals surface area contributed by atoms with Gasteiger partial charge in [-0.3, -0.25) is 4.79 Å². The van der Waals surface area contributed by atoms with Crippen LogP contribution in [-0.2, 0) is 6.54 Å². The van der Waals surface area contributed by atoms with Gasteiger partial charge in [-0.05, 0) is 17.0 Å². The number of carbonyl (C=O) groups excluding carboxylic acids is 1. The van der Waals surface area contributed by atoms with Crippen LogP contribution in [-0.4, -0.2) is 27.4 Å². The average molecular weight is 320 g/mol. The lowest BCUT2D eigenvalue weighted by Crippen LogP contribution is -2.27. The maximum Gasteiger partial charge on any atom is 0.273 e. The molecule has 0 aliphatic rings. The number of nitrogens with zero attached hydrogens (tertiary/aromatic N) is 3. The fourth-order valence-corrected chi connectivity index (χ4v) is 2.49. The molecule has 0 unspecified atom stereocenters. The first-order valence-electron chi connectivity index (χ1n) is 7.99. The topological polar surface area (TPSA) is 59.8 Å². The SMILES string of the molecule is C[C@H](CNC(=O)c1cn(Cc2ccccc2)nn1)c1ccccc1. The van der Waals surface area contributed by atoms with E-state index in [4.69, 9.17) is 0 Å². The van der Waals surface area contributed by atoms with Gasteiger partial charge < -0.3 is 5.32 Å². The third-order valence-electron chi connectivity index (χ3n) is 3.90. The van der Waals surface area contributed by atoms with E-state index < -0.39 is 0 Å². The molecular formula is C19H20N4O. The zero-order valence-electron chi connectivity index (χ0n) is 13.6. The number of nitrogens with one attached hydrogen (secondary N) is 1. The Morgan fingerprint density at radius 3 is 2.46 bits per heavy atom. The molecule has 3 aromatic rings. The van der Waals surface area contributed by atoms with E-state index in [1.165, 1.54) is 5.56 Å². The quantitative estimate of drug-likeness (QED) is 0.760. The van der Waals surface area contributed by atoms with E-state index in [0.29, 0.717) is 18.8 Å². The van der Waals surface area contributed by atoms with Crippen molar-refractivity contribution in [2.45, 2.75) is 19.4 Å². The number of benzene rings is 2. The summed E-state index contributed by atoms with van der Waals surface area (Å²) in [6.07, 6.45) is 1.68.